The number of hydrogen-bond acceptors (Lipinski definition) is 3. The van der Waals surface area contributed by atoms with E-state index in [1.54, 1.807) is 0 Å². The Balaban J connectivity index is 2.21. The number of para-hydroxylation sites is 1. The summed E-state index contributed by atoms with van der Waals surface area (Å²) in [4.78, 5) is 0. The van der Waals surface area contributed by atoms with Gasteiger partial charge in [0, 0.05) is 0 Å². The minimum atomic E-state index is -4.61. The Morgan fingerprint density at radius 3 is 2.21 bits per heavy atom. The summed E-state index contributed by atoms with van der Waals surface area (Å²) >= 11 is 5.76. The van der Waals surface area contributed by atoms with E-state index in [-0.39, 0.29) is 14.6 Å². The third-order valence-electron chi connectivity index (χ3n) is 3.16. The molecular formula is C15H7F5N2S2. The van der Waals surface area contributed by atoms with E-state index in [1.807, 2.05) is 0 Å². The Bertz CT molecular complexity index is 939. The Labute approximate surface area is 141 Å². The average Bonchev–Trinajstić information content (AvgIpc) is 2.87. The topological polar surface area (TPSA) is 17.8 Å². The lowest BCUT2D eigenvalue weighted by molar-refractivity contribution is -0.137. The van der Waals surface area contributed by atoms with Crippen molar-refractivity contribution in [3.8, 4) is 16.3 Å². The van der Waals surface area contributed by atoms with Gasteiger partial charge in [0.05, 0.1) is 16.8 Å². The van der Waals surface area contributed by atoms with Crippen LogP contribution in [0.15, 0.2) is 42.5 Å². The lowest BCUT2D eigenvalue weighted by Crippen LogP contribution is -2.11. The monoisotopic (exact) mass is 374 g/mol. The largest absolute Gasteiger partial charge is 0.418 e. The Kier molecular flexibility index (Phi) is 4.22. The van der Waals surface area contributed by atoms with Crippen molar-refractivity contribution in [2.24, 2.45) is 0 Å². The molecular weight excluding hydrogens is 367 g/mol. The van der Waals surface area contributed by atoms with Gasteiger partial charge in [-0.1, -0.05) is 29.5 Å². The van der Waals surface area contributed by atoms with Crippen LogP contribution in [0.3, 0.4) is 0 Å². The predicted molar refractivity (Wildman–Crippen MR) is 82.6 cm³/mol. The summed E-state index contributed by atoms with van der Waals surface area (Å²) in [6.45, 7) is 0. The maximum absolute atomic E-state index is 13.9. The van der Waals surface area contributed by atoms with Crippen molar-refractivity contribution in [3.63, 3.8) is 0 Å². The van der Waals surface area contributed by atoms with Crippen LogP contribution in [0.5, 0.6) is 0 Å². The van der Waals surface area contributed by atoms with Crippen molar-refractivity contribution in [2.45, 2.75) is 6.18 Å². The first-order chi connectivity index (χ1) is 11.3. The maximum atomic E-state index is 13.9. The van der Waals surface area contributed by atoms with Gasteiger partial charge < -0.3 is 0 Å². The van der Waals surface area contributed by atoms with E-state index in [1.165, 1.54) is 24.3 Å². The van der Waals surface area contributed by atoms with Gasteiger partial charge in [0.15, 0.2) is 8.96 Å². The second kappa shape index (κ2) is 6.06. The van der Waals surface area contributed by atoms with E-state index in [2.05, 4.69) is 5.10 Å². The summed E-state index contributed by atoms with van der Waals surface area (Å²) in [7, 11) is 0. The smallest absolute Gasteiger partial charge is 0.211 e. The molecule has 3 aromatic rings. The summed E-state index contributed by atoms with van der Waals surface area (Å²) in [6.07, 6.45) is -4.61. The van der Waals surface area contributed by atoms with Gasteiger partial charge in [-0.25, -0.2) is 13.5 Å². The highest BCUT2D eigenvalue weighted by molar-refractivity contribution is 7.73. The molecule has 0 spiro atoms. The molecule has 0 bridgehead atoms. The number of benzene rings is 2. The van der Waals surface area contributed by atoms with Crippen molar-refractivity contribution in [1.82, 2.24) is 9.78 Å². The molecule has 1 aromatic heterocycles. The summed E-state index contributed by atoms with van der Waals surface area (Å²) in [5.41, 5.74) is -1.65. The summed E-state index contributed by atoms with van der Waals surface area (Å²) in [5.74, 6) is -1.73. The number of rotatable bonds is 2. The van der Waals surface area contributed by atoms with Crippen molar-refractivity contribution in [3.05, 3.63) is 63.6 Å². The first-order valence-electron chi connectivity index (χ1n) is 6.50. The van der Waals surface area contributed by atoms with Crippen LogP contribution >= 0.6 is 23.6 Å². The minimum absolute atomic E-state index is 0.0515. The zero-order valence-corrected chi connectivity index (χ0v) is 13.3. The first kappa shape index (κ1) is 16.7. The molecule has 0 radical (unpaired) electrons. The fraction of sp³-hybridized carbons (Fsp3) is 0.0667. The maximum Gasteiger partial charge on any atom is 0.418 e. The third kappa shape index (κ3) is 2.96. The van der Waals surface area contributed by atoms with Crippen LogP contribution < -0.4 is 0 Å². The van der Waals surface area contributed by atoms with E-state index in [0.717, 1.165) is 34.2 Å². The number of nitrogens with zero attached hydrogens (tertiary/aromatic N) is 2. The molecule has 0 fully saturated rings. The standard InChI is InChI=1S/C15H7F5N2S2/c16-9-5-3-6-10(17)12(9)13-21-22(14(23)24-13)11-7-2-1-4-8(11)15(18,19)20/h1-7H. The zero-order valence-electron chi connectivity index (χ0n) is 11.6. The Morgan fingerprint density at radius 1 is 0.958 bits per heavy atom. The number of alkyl halides is 3. The van der Waals surface area contributed by atoms with Gasteiger partial charge >= 0.3 is 6.18 Å². The van der Waals surface area contributed by atoms with Crippen LogP contribution in [0.2, 0.25) is 0 Å². The summed E-state index contributed by atoms with van der Waals surface area (Å²) in [6, 6.07) is 7.98. The highest BCUT2D eigenvalue weighted by atomic mass is 32.1. The molecule has 3 rings (SSSR count). The summed E-state index contributed by atoms with van der Waals surface area (Å²) < 4.78 is 67.9. The Hall–Kier alpha value is -2.13. The molecule has 2 nitrogen and oxygen atoms in total. The van der Waals surface area contributed by atoms with Gasteiger partial charge in [-0.3, -0.25) is 0 Å². The van der Waals surface area contributed by atoms with Gasteiger partial charge in [0.2, 0.25) is 0 Å². The Morgan fingerprint density at radius 2 is 1.58 bits per heavy atom. The zero-order chi connectivity index (χ0) is 17.5. The summed E-state index contributed by atoms with van der Waals surface area (Å²) in [5, 5.41) is 3.77. The molecule has 0 aliphatic heterocycles. The fourth-order valence-corrected chi connectivity index (χ4v) is 3.32. The predicted octanol–water partition coefficient (Wildman–Crippen LogP) is 5.63. The second-order valence-electron chi connectivity index (χ2n) is 4.70. The normalized spacial score (nSPS) is 11.7. The molecule has 0 aliphatic rings. The molecule has 1 heterocycles. The molecule has 0 saturated carbocycles. The lowest BCUT2D eigenvalue weighted by atomic mass is 10.2. The van der Waals surface area contributed by atoms with Crippen molar-refractivity contribution >= 4 is 23.6 Å². The van der Waals surface area contributed by atoms with Crippen molar-refractivity contribution in [1.29, 1.82) is 0 Å². The van der Waals surface area contributed by atoms with Crippen LogP contribution in [-0.4, -0.2) is 9.78 Å². The molecule has 0 aliphatic carbocycles. The van der Waals surface area contributed by atoms with Gasteiger partial charge in [-0.2, -0.15) is 18.3 Å². The second-order valence-corrected chi connectivity index (χ2v) is 6.32. The number of aromatic nitrogens is 2. The van der Waals surface area contributed by atoms with E-state index < -0.39 is 28.9 Å². The number of hydrogen-bond donors (Lipinski definition) is 0. The molecule has 0 amide bonds. The third-order valence-corrected chi connectivity index (χ3v) is 4.41. The van der Waals surface area contributed by atoms with Crippen LogP contribution in [-0.2, 0) is 6.18 Å². The highest BCUT2D eigenvalue weighted by Crippen LogP contribution is 2.35. The van der Waals surface area contributed by atoms with E-state index in [9.17, 15) is 22.0 Å². The molecule has 124 valence electrons. The fourth-order valence-electron chi connectivity index (χ4n) is 2.13. The molecule has 9 heteroatoms. The quantitative estimate of drug-likeness (QED) is 0.428. The van der Waals surface area contributed by atoms with E-state index in [4.69, 9.17) is 12.2 Å². The molecule has 0 N–H and O–H groups in total. The SMILES string of the molecule is Fc1cccc(F)c1-c1nn(-c2ccccc2C(F)(F)F)c(=S)s1. The molecule has 0 unspecified atom stereocenters. The molecule has 24 heavy (non-hydrogen) atoms. The highest BCUT2D eigenvalue weighted by Gasteiger charge is 2.34. The van der Waals surface area contributed by atoms with Crippen LogP contribution in [0, 0.1) is 15.6 Å². The van der Waals surface area contributed by atoms with Crippen molar-refractivity contribution in [2.75, 3.05) is 0 Å². The van der Waals surface area contributed by atoms with Crippen LogP contribution in [0.4, 0.5) is 22.0 Å². The van der Waals surface area contributed by atoms with Gasteiger partial charge in [0.25, 0.3) is 0 Å². The first-order valence-corrected chi connectivity index (χ1v) is 7.72. The molecule has 0 atom stereocenters. The molecule has 2 aromatic carbocycles. The van der Waals surface area contributed by atoms with Crippen LogP contribution in [0.25, 0.3) is 16.3 Å². The molecule has 0 saturated heterocycles. The average molecular weight is 374 g/mol. The van der Waals surface area contributed by atoms with E-state index in [0.29, 0.717) is 0 Å². The van der Waals surface area contributed by atoms with E-state index >= 15 is 0 Å². The van der Waals surface area contributed by atoms with Gasteiger partial charge in [0.1, 0.15) is 11.6 Å². The van der Waals surface area contributed by atoms with Crippen LogP contribution in [0.1, 0.15) is 5.56 Å². The van der Waals surface area contributed by atoms with Crippen molar-refractivity contribution < 1.29 is 22.0 Å². The van der Waals surface area contributed by atoms with Gasteiger partial charge in [-0.15, -0.1) is 0 Å². The lowest BCUT2D eigenvalue weighted by Gasteiger charge is -2.11. The minimum Gasteiger partial charge on any atom is -0.211 e. The van der Waals surface area contributed by atoms with Gasteiger partial charge in [-0.05, 0) is 36.5 Å². The number of halogens is 5.